The average Bonchev–Trinajstić information content (AvgIpc) is 2.46. The molecule has 2 rings (SSSR count). The molecule has 1 heterocycles. The quantitative estimate of drug-likeness (QED) is 0.841. The molecule has 1 N–H and O–H groups in total. The number of rotatable bonds is 5. The van der Waals surface area contributed by atoms with Crippen LogP contribution < -0.4 is 5.32 Å². The van der Waals surface area contributed by atoms with Crippen molar-refractivity contribution in [1.29, 1.82) is 0 Å². The number of carbonyl (C=O) groups is 1. The highest BCUT2D eigenvalue weighted by atomic mass is 16.5. The predicted octanol–water partition coefficient (Wildman–Crippen LogP) is 2.72. The highest BCUT2D eigenvalue weighted by Crippen LogP contribution is 2.25. The summed E-state index contributed by atoms with van der Waals surface area (Å²) in [6.07, 6.45) is 6.95. The van der Waals surface area contributed by atoms with E-state index in [2.05, 4.69) is 17.2 Å². The molecule has 1 aromatic rings. The van der Waals surface area contributed by atoms with Gasteiger partial charge in [-0.25, -0.2) is 0 Å². The second kappa shape index (κ2) is 7.39. The molecule has 20 heavy (non-hydrogen) atoms. The van der Waals surface area contributed by atoms with Crippen molar-refractivity contribution in [3.8, 4) is 0 Å². The van der Waals surface area contributed by atoms with Gasteiger partial charge in [-0.05, 0) is 37.8 Å². The first-order chi connectivity index (χ1) is 9.66. The van der Waals surface area contributed by atoms with Crippen molar-refractivity contribution in [2.45, 2.75) is 45.6 Å². The molecular formula is C16H24N2O2. The van der Waals surface area contributed by atoms with Crippen molar-refractivity contribution in [2.75, 3.05) is 13.2 Å². The Kier molecular flexibility index (Phi) is 5.53. The molecule has 1 aliphatic carbocycles. The lowest BCUT2D eigenvalue weighted by molar-refractivity contribution is -0.00294. The summed E-state index contributed by atoms with van der Waals surface area (Å²) in [5, 5.41) is 2.87. The summed E-state index contributed by atoms with van der Waals surface area (Å²) in [4.78, 5) is 16.0. The number of carbonyl (C=O) groups excluding carboxylic acids is 1. The standard InChI is InChI=1S/C16H24N2O2/c1-12-5-3-4-6-15(12)20-10-9-17-16(19)14-8-7-13(2)18-11-14/h7-8,11-12,15H,3-6,9-10H2,1-2H3,(H,17,19)/t12-,15+/m0/s1. The van der Waals surface area contributed by atoms with Gasteiger partial charge in [0.1, 0.15) is 0 Å². The van der Waals surface area contributed by atoms with Crippen molar-refractivity contribution < 1.29 is 9.53 Å². The molecule has 1 saturated carbocycles. The zero-order chi connectivity index (χ0) is 14.4. The van der Waals surface area contributed by atoms with E-state index in [1.165, 1.54) is 19.3 Å². The fraction of sp³-hybridized carbons (Fsp3) is 0.625. The largest absolute Gasteiger partial charge is 0.376 e. The van der Waals surface area contributed by atoms with Gasteiger partial charge >= 0.3 is 0 Å². The van der Waals surface area contributed by atoms with Gasteiger partial charge in [0.2, 0.25) is 0 Å². The molecular weight excluding hydrogens is 252 g/mol. The second-order valence-electron chi connectivity index (χ2n) is 5.62. The van der Waals surface area contributed by atoms with Gasteiger partial charge in [-0.15, -0.1) is 0 Å². The first kappa shape index (κ1) is 15.0. The smallest absolute Gasteiger partial charge is 0.252 e. The first-order valence-electron chi connectivity index (χ1n) is 7.49. The van der Waals surface area contributed by atoms with E-state index in [-0.39, 0.29) is 5.91 Å². The van der Waals surface area contributed by atoms with Gasteiger partial charge in [-0.1, -0.05) is 19.8 Å². The highest BCUT2D eigenvalue weighted by molar-refractivity contribution is 5.93. The Morgan fingerprint density at radius 1 is 1.40 bits per heavy atom. The van der Waals surface area contributed by atoms with Crippen LogP contribution in [0.25, 0.3) is 0 Å². The first-order valence-corrected chi connectivity index (χ1v) is 7.49. The molecule has 0 saturated heterocycles. The molecule has 110 valence electrons. The predicted molar refractivity (Wildman–Crippen MR) is 78.7 cm³/mol. The van der Waals surface area contributed by atoms with Gasteiger partial charge in [0.15, 0.2) is 0 Å². The fourth-order valence-corrected chi connectivity index (χ4v) is 2.61. The Bertz CT molecular complexity index is 431. The second-order valence-corrected chi connectivity index (χ2v) is 5.62. The van der Waals surface area contributed by atoms with Gasteiger partial charge in [0, 0.05) is 18.4 Å². The number of hydrogen-bond donors (Lipinski definition) is 1. The molecule has 4 nitrogen and oxygen atoms in total. The van der Waals surface area contributed by atoms with Gasteiger partial charge in [-0.2, -0.15) is 0 Å². The molecule has 2 atom stereocenters. The third kappa shape index (κ3) is 4.30. The molecule has 1 fully saturated rings. The van der Waals surface area contributed by atoms with E-state index in [9.17, 15) is 4.79 Å². The van der Waals surface area contributed by atoms with E-state index in [1.807, 2.05) is 13.0 Å². The van der Waals surface area contributed by atoms with Gasteiger partial charge in [0.05, 0.1) is 18.3 Å². The van der Waals surface area contributed by atoms with Crippen LogP contribution in [0.3, 0.4) is 0 Å². The molecule has 0 unspecified atom stereocenters. The number of pyridine rings is 1. The molecule has 0 aromatic carbocycles. The lowest BCUT2D eigenvalue weighted by Crippen LogP contribution is -2.31. The molecule has 0 aliphatic heterocycles. The molecule has 1 aliphatic rings. The lowest BCUT2D eigenvalue weighted by atomic mass is 9.88. The van der Waals surface area contributed by atoms with Crippen LogP contribution in [0, 0.1) is 12.8 Å². The monoisotopic (exact) mass is 276 g/mol. The maximum Gasteiger partial charge on any atom is 0.252 e. The molecule has 0 bridgehead atoms. The van der Waals surface area contributed by atoms with Crippen molar-refractivity contribution in [1.82, 2.24) is 10.3 Å². The van der Waals surface area contributed by atoms with Crippen LogP contribution in [0.1, 0.15) is 48.7 Å². The Balaban J connectivity index is 1.67. The summed E-state index contributed by atoms with van der Waals surface area (Å²) in [5.41, 5.74) is 1.51. The number of nitrogens with zero attached hydrogens (tertiary/aromatic N) is 1. The van der Waals surface area contributed by atoms with Crippen LogP contribution in [-0.4, -0.2) is 30.1 Å². The van der Waals surface area contributed by atoms with Crippen LogP contribution in [0.5, 0.6) is 0 Å². The van der Waals surface area contributed by atoms with Gasteiger partial charge < -0.3 is 10.1 Å². The van der Waals surface area contributed by atoms with E-state index >= 15 is 0 Å². The third-order valence-electron chi connectivity index (χ3n) is 3.93. The van der Waals surface area contributed by atoms with E-state index in [4.69, 9.17) is 4.74 Å². The Labute approximate surface area is 120 Å². The summed E-state index contributed by atoms with van der Waals surface area (Å²) in [5.74, 6) is 0.554. The minimum absolute atomic E-state index is 0.0854. The van der Waals surface area contributed by atoms with Crippen molar-refractivity contribution in [3.63, 3.8) is 0 Å². The van der Waals surface area contributed by atoms with E-state index in [0.29, 0.717) is 30.7 Å². The number of amides is 1. The van der Waals surface area contributed by atoms with Crippen LogP contribution in [0.4, 0.5) is 0 Å². The number of aromatic nitrogens is 1. The fourth-order valence-electron chi connectivity index (χ4n) is 2.61. The number of ether oxygens (including phenoxy) is 1. The van der Waals surface area contributed by atoms with Crippen LogP contribution in [-0.2, 0) is 4.74 Å². The van der Waals surface area contributed by atoms with Gasteiger partial charge in [0.25, 0.3) is 5.91 Å². The molecule has 4 heteroatoms. The number of nitrogens with one attached hydrogen (secondary N) is 1. The summed E-state index contributed by atoms with van der Waals surface area (Å²) in [7, 11) is 0. The Morgan fingerprint density at radius 2 is 2.20 bits per heavy atom. The maximum atomic E-state index is 11.9. The van der Waals surface area contributed by atoms with Crippen molar-refractivity contribution in [2.24, 2.45) is 5.92 Å². The zero-order valence-corrected chi connectivity index (χ0v) is 12.4. The Morgan fingerprint density at radius 3 is 2.90 bits per heavy atom. The summed E-state index contributed by atoms with van der Waals surface area (Å²) in [6, 6.07) is 3.64. The maximum absolute atomic E-state index is 11.9. The Hall–Kier alpha value is -1.42. The summed E-state index contributed by atoms with van der Waals surface area (Å²) < 4.78 is 5.87. The number of aryl methyl sites for hydroxylation is 1. The zero-order valence-electron chi connectivity index (χ0n) is 12.4. The summed E-state index contributed by atoms with van der Waals surface area (Å²) in [6.45, 7) is 5.29. The normalized spacial score (nSPS) is 22.5. The van der Waals surface area contributed by atoms with E-state index in [0.717, 1.165) is 12.1 Å². The van der Waals surface area contributed by atoms with Crippen molar-refractivity contribution in [3.05, 3.63) is 29.6 Å². The van der Waals surface area contributed by atoms with Crippen LogP contribution in [0.15, 0.2) is 18.3 Å². The molecule has 0 radical (unpaired) electrons. The average molecular weight is 276 g/mol. The topological polar surface area (TPSA) is 51.2 Å². The number of hydrogen-bond acceptors (Lipinski definition) is 3. The molecule has 1 amide bonds. The van der Waals surface area contributed by atoms with E-state index < -0.39 is 0 Å². The highest BCUT2D eigenvalue weighted by Gasteiger charge is 2.21. The lowest BCUT2D eigenvalue weighted by Gasteiger charge is -2.28. The SMILES string of the molecule is Cc1ccc(C(=O)NCCO[C@@H]2CCCC[C@@H]2C)cn1. The van der Waals surface area contributed by atoms with Crippen LogP contribution >= 0.6 is 0 Å². The van der Waals surface area contributed by atoms with Gasteiger partial charge in [-0.3, -0.25) is 9.78 Å². The van der Waals surface area contributed by atoms with E-state index in [1.54, 1.807) is 12.3 Å². The molecule has 0 spiro atoms. The minimum atomic E-state index is -0.0854. The third-order valence-corrected chi connectivity index (χ3v) is 3.93. The van der Waals surface area contributed by atoms with Crippen molar-refractivity contribution >= 4 is 5.91 Å². The summed E-state index contributed by atoms with van der Waals surface area (Å²) >= 11 is 0. The van der Waals surface area contributed by atoms with Crippen LogP contribution in [0.2, 0.25) is 0 Å². The minimum Gasteiger partial charge on any atom is -0.376 e. The molecule has 1 aromatic heterocycles.